The van der Waals surface area contributed by atoms with Gasteiger partial charge < -0.3 is 4.90 Å². The number of imidazole rings is 1. The first-order valence-electron chi connectivity index (χ1n) is 23.9. The topological polar surface area (TPSA) is 58.1 Å². The molecule has 1 heterocycles. The SMILES string of the molecule is C.C=C.C=NC(=NC(=NCc1ccc(-c2nc3c(n2-c2ccccc2)CCCC=C3)cc1)c1cccc(CN(c2ccccc2)c2ccccc2C)c1)c1ccc2c3ccccc3c3ccccc3c2c1. The number of aromatic nitrogens is 2. The van der Waals surface area contributed by atoms with E-state index in [1.54, 1.807) is 0 Å². The van der Waals surface area contributed by atoms with Gasteiger partial charge in [0.15, 0.2) is 11.7 Å². The van der Waals surface area contributed by atoms with E-state index in [-0.39, 0.29) is 7.43 Å². The van der Waals surface area contributed by atoms with Gasteiger partial charge in [-0.3, -0.25) is 9.56 Å². The second-order valence-electron chi connectivity index (χ2n) is 17.4. The second-order valence-corrected chi connectivity index (χ2v) is 17.4. The lowest BCUT2D eigenvalue weighted by molar-refractivity contribution is 0.803. The first kappa shape index (κ1) is 47.3. The normalized spacial score (nSPS) is 12.4. The van der Waals surface area contributed by atoms with Crippen LogP contribution < -0.4 is 4.90 Å². The molecule has 0 saturated carbocycles. The van der Waals surface area contributed by atoms with E-state index in [2.05, 4.69) is 254 Å². The summed E-state index contributed by atoms with van der Waals surface area (Å²) in [4.78, 5) is 22.8. The molecule has 10 aromatic rings. The molecule has 1 aromatic heterocycles. The minimum Gasteiger partial charge on any atom is -0.337 e. The molecule has 1 aliphatic rings. The number of allylic oxidation sites excluding steroid dienone is 1. The van der Waals surface area contributed by atoms with Crippen molar-refractivity contribution in [2.75, 3.05) is 4.90 Å². The third-order valence-corrected chi connectivity index (χ3v) is 13.1. The van der Waals surface area contributed by atoms with Crippen molar-refractivity contribution in [3.8, 4) is 17.1 Å². The number of para-hydroxylation sites is 3. The Morgan fingerprint density at radius 3 is 1.92 bits per heavy atom. The molecule has 0 fully saturated rings. The fourth-order valence-corrected chi connectivity index (χ4v) is 9.71. The Kier molecular flexibility index (Phi) is 14.5. The Balaban J connectivity index is 0.00000206. The Hall–Kier alpha value is -8.74. The molecule has 0 unspecified atom stereocenters. The number of aryl methyl sites for hydroxylation is 1. The highest BCUT2D eigenvalue weighted by Gasteiger charge is 2.20. The van der Waals surface area contributed by atoms with E-state index in [1.807, 2.05) is 0 Å². The van der Waals surface area contributed by atoms with Gasteiger partial charge in [-0.1, -0.05) is 171 Å². The number of amidine groups is 2. The maximum Gasteiger partial charge on any atom is 0.161 e. The summed E-state index contributed by atoms with van der Waals surface area (Å²) >= 11 is 0. The van der Waals surface area contributed by atoms with Gasteiger partial charge in [-0.05, 0) is 130 Å². The van der Waals surface area contributed by atoms with Crippen LogP contribution in [0.2, 0.25) is 0 Å². The van der Waals surface area contributed by atoms with Gasteiger partial charge in [0.1, 0.15) is 5.82 Å². The molecule has 6 nitrogen and oxygen atoms in total. The van der Waals surface area contributed by atoms with Crippen molar-refractivity contribution < 1.29 is 0 Å². The quantitative estimate of drug-likeness (QED) is 0.0594. The Morgan fingerprint density at radius 1 is 0.606 bits per heavy atom. The highest BCUT2D eigenvalue weighted by molar-refractivity contribution is 6.26. The summed E-state index contributed by atoms with van der Waals surface area (Å²) in [6.45, 7) is 13.3. The maximum atomic E-state index is 5.31. The standard InChI is InChI=1S/C62H50N6.C2H4.CH4/c1-43-19-12-17-31-58(43)67(49-22-6-3-7-23-49)42-45-20-18-21-47(39-45)61(66-60(63-2)48-37-38-55-53-28-14-13-26-51(53)52-27-15-16-29-54(52)56(55)40-48)64-41-44-33-35-46(36-34-44)62-65-57-30-10-5-11-32-59(57)68(62)50-24-8-4-9-25-50;1-2;/h3-4,6-10,12-31,33-40H,2,5,11,32,41-42H2,1H3;1-2H2;1H4. The van der Waals surface area contributed by atoms with E-state index < -0.39 is 0 Å². The molecule has 0 atom stereocenters. The van der Waals surface area contributed by atoms with Gasteiger partial charge in [0, 0.05) is 40.3 Å². The summed E-state index contributed by atoms with van der Waals surface area (Å²) < 4.78 is 2.33. The van der Waals surface area contributed by atoms with E-state index in [0.717, 1.165) is 81.0 Å². The molecule has 0 amide bonds. The van der Waals surface area contributed by atoms with Crippen molar-refractivity contribution in [3.05, 3.63) is 259 Å². The van der Waals surface area contributed by atoms with Gasteiger partial charge >= 0.3 is 0 Å². The van der Waals surface area contributed by atoms with Crippen molar-refractivity contribution in [1.82, 2.24) is 9.55 Å². The number of fused-ring (bicyclic) bond motifs is 7. The summed E-state index contributed by atoms with van der Waals surface area (Å²) in [5, 5.41) is 7.19. The van der Waals surface area contributed by atoms with Crippen LogP contribution in [0.4, 0.5) is 11.4 Å². The summed E-state index contributed by atoms with van der Waals surface area (Å²) in [5.41, 5.74) is 11.9. The van der Waals surface area contributed by atoms with E-state index in [0.29, 0.717) is 24.8 Å². The summed E-state index contributed by atoms with van der Waals surface area (Å²) in [6, 6.07) is 70.7. The second kappa shape index (κ2) is 21.7. The van der Waals surface area contributed by atoms with Crippen LogP contribution in [0.1, 0.15) is 59.5 Å². The van der Waals surface area contributed by atoms with Crippen molar-refractivity contribution in [3.63, 3.8) is 0 Å². The molecule has 0 bridgehead atoms. The van der Waals surface area contributed by atoms with Gasteiger partial charge in [0.05, 0.1) is 17.9 Å². The molecule has 6 heteroatoms. The zero-order valence-electron chi connectivity index (χ0n) is 39.5. The molecule has 9 aromatic carbocycles. The minimum absolute atomic E-state index is 0. The Bertz CT molecular complexity index is 3550. The highest BCUT2D eigenvalue weighted by Crippen LogP contribution is 2.36. The number of nitrogens with zero attached hydrogens (tertiary/aromatic N) is 6. The number of anilines is 2. The smallest absolute Gasteiger partial charge is 0.161 e. The third-order valence-electron chi connectivity index (χ3n) is 13.1. The van der Waals surface area contributed by atoms with E-state index >= 15 is 0 Å². The molecular weight excluding hydrogens is 865 g/mol. The molecular formula is C65H58N6. The molecule has 71 heavy (non-hydrogen) atoms. The number of rotatable bonds is 10. The van der Waals surface area contributed by atoms with Crippen LogP contribution in [0.15, 0.2) is 234 Å². The first-order valence-corrected chi connectivity index (χ1v) is 23.9. The fourth-order valence-electron chi connectivity index (χ4n) is 9.71. The molecule has 0 N–H and O–H groups in total. The molecule has 0 aliphatic heterocycles. The lowest BCUT2D eigenvalue weighted by Crippen LogP contribution is -2.17. The zero-order valence-corrected chi connectivity index (χ0v) is 39.5. The molecule has 0 spiro atoms. The summed E-state index contributed by atoms with van der Waals surface area (Å²) in [7, 11) is 0. The molecule has 1 aliphatic carbocycles. The maximum absolute atomic E-state index is 5.31. The number of benzene rings is 9. The Morgan fingerprint density at radius 2 is 1.23 bits per heavy atom. The van der Waals surface area contributed by atoms with E-state index in [9.17, 15) is 0 Å². The van der Waals surface area contributed by atoms with Crippen molar-refractivity contribution >= 4 is 68.2 Å². The van der Waals surface area contributed by atoms with Crippen molar-refractivity contribution in [2.45, 2.75) is 46.7 Å². The highest BCUT2D eigenvalue weighted by atomic mass is 15.1. The van der Waals surface area contributed by atoms with Gasteiger partial charge in [0.2, 0.25) is 0 Å². The van der Waals surface area contributed by atoms with Crippen LogP contribution in [0.3, 0.4) is 0 Å². The van der Waals surface area contributed by atoms with Gasteiger partial charge in [-0.15, -0.1) is 13.2 Å². The molecule has 0 radical (unpaired) electrons. The number of aliphatic imine (C=N–C) groups is 3. The lowest BCUT2D eigenvalue weighted by atomic mass is 9.93. The van der Waals surface area contributed by atoms with Crippen molar-refractivity contribution in [2.24, 2.45) is 15.0 Å². The van der Waals surface area contributed by atoms with Gasteiger partial charge in [-0.25, -0.2) is 15.0 Å². The first-order chi connectivity index (χ1) is 34.6. The summed E-state index contributed by atoms with van der Waals surface area (Å²) in [6.07, 6.45) is 7.57. The predicted octanol–water partition coefficient (Wildman–Crippen LogP) is 16.5. The van der Waals surface area contributed by atoms with Crippen LogP contribution in [-0.4, -0.2) is 27.9 Å². The van der Waals surface area contributed by atoms with Crippen LogP contribution in [0.25, 0.3) is 55.5 Å². The minimum atomic E-state index is 0. The van der Waals surface area contributed by atoms with E-state index in [1.165, 1.54) is 38.2 Å². The molecule has 11 rings (SSSR count). The van der Waals surface area contributed by atoms with Gasteiger partial charge in [0.25, 0.3) is 0 Å². The average Bonchev–Trinajstić information content (AvgIpc) is 3.63. The average molecular weight is 923 g/mol. The Labute approximate surface area is 418 Å². The van der Waals surface area contributed by atoms with Crippen LogP contribution >= 0.6 is 0 Å². The number of hydrogen-bond acceptors (Lipinski definition) is 3. The largest absolute Gasteiger partial charge is 0.337 e. The van der Waals surface area contributed by atoms with Crippen LogP contribution in [-0.2, 0) is 19.5 Å². The van der Waals surface area contributed by atoms with Crippen LogP contribution in [0, 0.1) is 6.92 Å². The molecule has 348 valence electrons. The number of hydrogen-bond donors (Lipinski definition) is 0. The van der Waals surface area contributed by atoms with E-state index in [4.69, 9.17) is 15.0 Å². The van der Waals surface area contributed by atoms with Crippen molar-refractivity contribution in [1.29, 1.82) is 0 Å². The predicted molar refractivity (Wildman–Crippen MR) is 304 cm³/mol. The fraction of sp³-hybridized carbons (Fsp3) is 0.108. The molecule has 0 saturated heterocycles. The monoisotopic (exact) mass is 922 g/mol. The lowest BCUT2D eigenvalue weighted by Gasteiger charge is -2.27. The summed E-state index contributed by atoms with van der Waals surface area (Å²) in [5.74, 6) is 2.04. The van der Waals surface area contributed by atoms with Crippen LogP contribution in [0.5, 0.6) is 0 Å². The zero-order chi connectivity index (χ0) is 47.8. The third kappa shape index (κ3) is 9.79. The van der Waals surface area contributed by atoms with Gasteiger partial charge in [-0.2, -0.15) is 0 Å².